The van der Waals surface area contributed by atoms with E-state index in [0.29, 0.717) is 42.1 Å². The van der Waals surface area contributed by atoms with Gasteiger partial charge in [-0.2, -0.15) is 10.4 Å². The van der Waals surface area contributed by atoms with Crippen molar-refractivity contribution < 1.29 is 18.0 Å². The third kappa shape index (κ3) is 4.13. The number of aryl methyl sites for hydroxylation is 2. The lowest BCUT2D eigenvalue weighted by atomic mass is 9.82. The average Bonchev–Trinajstić information content (AvgIpc) is 3.43. The van der Waals surface area contributed by atoms with Gasteiger partial charge in [0.2, 0.25) is 5.91 Å². The first-order valence-corrected chi connectivity index (χ1v) is 13.2. The number of anilines is 1. The van der Waals surface area contributed by atoms with E-state index in [1.807, 2.05) is 12.1 Å². The third-order valence-corrected chi connectivity index (χ3v) is 7.53. The van der Waals surface area contributed by atoms with Crippen LogP contribution in [0.1, 0.15) is 58.4 Å². The molecule has 1 aromatic heterocycles. The first-order valence-electron chi connectivity index (χ1n) is 11.1. The minimum atomic E-state index is -3.51. The molecule has 33 heavy (non-hydrogen) atoms. The number of nitriles is 1. The van der Waals surface area contributed by atoms with Crippen LogP contribution in [0.25, 0.3) is 0 Å². The van der Waals surface area contributed by atoms with Crippen LogP contribution < -0.4 is 10.6 Å². The van der Waals surface area contributed by atoms with Gasteiger partial charge in [0.15, 0.2) is 9.84 Å². The van der Waals surface area contributed by atoms with Gasteiger partial charge in [0, 0.05) is 19.2 Å². The zero-order valence-corrected chi connectivity index (χ0v) is 19.2. The van der Waals surface area contributed by atoms with Crippen molar-refractivity contribution in [2.75, 3.05) is 17.3 Å². The molecule has 0 unspecified atom stereocenters. The summed E-state index contributed by atoms with van der Waals surface area (Å²) >= 11 is 0. The quantitative estimate of drug-likeness (QED) is 0.664. The summed E-state index contributed by atoms with van der Waals surface area (Å²) in [5, 5.41) is 19.7. The van der Waals surface area contributed by atoms with E-state index in [9.17, 15) is 23.3 Å². The number of rotatable bonds is 6. The second-order valence-electron chi connectivity index (χ2n) is 9.44. The predicted octanol–water partition coefficient (Wildman–Crippen LogP) is 1.67. The fourth-order valence-corrected chi connectivity index (χ4v) is 5.57. The van der Waals surface area contributed by atoms with Crippen molar-refractivity contribution in [1.29, 1.82) is 5.26 Å². The maximum Gasteiger partial charge on any atom is 0.257 e. The number of sulfone groups is 1. The third-order valence-electron chi connectivity index (χ3n) is 6.74. The van der Waals surface area contributed by atoms with Gasteiger partial charge in [-0.15, -0.1) is 0 Å². The molecule has 1 saturated carbocycles. The molecule has 3 aliphatic rings. The molecular formula is C23H25N5O4S. The van der Waals surface area contributed by atoms with Crippen LogP contribution in [0.5, 0.6) is 0 Å². The Balaban J connectivity index is 1.50. The highest BCUT2D eigenvalue weighted by atomic mass is 32.2. The molecule has 1 atom stereocenters. The van der Waals surface area contributed by atoms with Gasteiger partial charge in [0.25, 0.3) is 5.91 Å². The van der Waals surface area contributed by atoms with E-state index in [0.717, 1.165) is 30.2 Å². The van der Waals surface area contributed by atoms with Crippen molar-refractivity contribution >= 4 is 27.5 Å². The Hall–Kier alpha value is -3.19. The Labute approximate surface area is 192 Å². The van der Waals surface area contributed by atoms with Gasteiger partial charge in [-0.05, 0) is 48.4 Å². The molecule has 1 aromatic carbocycles. The molecule has 1 aliphatic heterocycles. The number of nitrogens with one attached hydrogen (secondary N) is 2. The maximum absolute atomic E-state index is 13.3. The molecule has 10 heteroatoms. The first-order chi connectivity index (χ1) is 15.7. The van der Waals surface area contributed by atoms with Crippen molar-refractivity contribution in [3.8, 4) is 6.07 Å². The van der Waals surface area contributed by atoms with Crippen LogP contribution >= 0.6 is 0 Å². The molecule has 2 heterocycles. The molecule has 1 spiro atoms. The van der Waals surface area contributed by atoms with E-state index < -0.39 is 27.0 Å². The van der Waals surface area contributed by atoms with Crippen LogP contribution in [-0.4, -0.2) is 42.0 Å². The van der Waals surface area contributed by atoms with Crippen molar-refractivity contribution in [1.82, 2.24) is 15.1 Å². The van der Waals surface area contributed by atoms with E-state index in [2.05, 4.69) is 16.7 Å². The van der Waals surface area contributed by atoms with Crippen LogP contribution in [0.3, 0.4) is 0 Å². The minimum Gasteiger partial charge on any atom is -0.342 e. The molecule has 1 fully saturated rings. The van der Waals surface area contributed by atoms with E-state index in [4.69, 9.17) is 5.10 Å². The Morgan fingerprint density at radius 1 is 1.39 bits per heavy atom. The number of aromatic nitrogens is 2. The molecular weight excluding hydrogens is 442 g/mol. The largest absolute Gasteiger partial charge is 0.342 e. The van der Waals surface area contributed by atoms with Crippen molar-refractivity contribution in [3.05, 3.63) is 46.1 Å². The van der Waals surface area contributed by atoms with Crippen LogP contribution in [0.4, 0.5) is 5.82 Å². The second-order valence-corrected chi connectivity index (χ2v) is 11.6. The number of hydrogen-bond acceptors (Lipinski definition) is 6. The summed E-state index contributed by atoms with van der Waals surface area (Å²) in [4.78, 5) is 25.8. The average molecular weight is 468 g/mol. The number of hydrogen-bond donors (Lipinski definition) is 2. The van der Waals surface area contributed by atoms with Crippen LogP contribution in [-0.2, 0) is 39.6 Å². The molecule has 0 saturated heterocycles. The Morgan fingerprint density at radius 3 is 2.88 bits per heavy atom. The number of benzene rings is 1. The smallest absolute Gasteiger partial charge is 0.257 e. The summed E-state index contributed by atoms with van der Waals surface area (Å²) < 4.78 is 24.8. The molecule has 5 rings (SSSR count). The summed E-state index contributed by atoms with van der Waals surface area (Å²) in [7, 11) is -3.51. The topological polar surface area (TPSA) is 134 Å². The summed E-state index contributed by atoms with van der Waals surface area (Å²) in [6.07, 6.45) is 6.15. The zero-order valence-electron chi connectivity index (χ0n) is 18.3. The summed E-state index contributed by atoms with van der Waals surface area (Å²) in [5.41, 5.74) is 2.94. The standard InChI is InChI=1S/C23H25N5O4S/c1-33(31,32)13-19(29)25-21-20-18(27-28(21)9-7-14-2-3-14)11-23(26-22(20)30)8-6-16-10-15(12-24)4-5-17(16)23/h4-5,10,14H,2-3,6-9,11,13H2,1H3,(H,25,29)(H,26,30)/t23-/m0/s1. The van der Waals surface area contributed by atoms with Gasteiger partial charge < -0.3 is 10.6 Å². The van der Waals surface area contributed by atoms with Crippen LogP contribution in [0.15, 0.2) is 18.2 Å². The monoisotopic (exact) mass is 467 g/mol. The normalized spacial score (nSPS) is 21.3. The van der Waals surface area contributed by atoms with Crippen molar-refractivity contribution in [2.24, 2.45) is 5.92 Å². The molecule has 0 bridgehead atoms. The summed E-state index contributed by atoms with van der Waals surface area (Å²) in [6, 6.07) is 7.70. The molecule has 172 valence electrons. The minimum absolute atomic E-state index is 0.268. The van der Waals surface area contributed by atoms with E-state index >= 15 is 0 Å². The van der Waals surface area contributed by atoms with Crippen LogP contribution in [0, 0.1) is 17.2 Å². The summed E-state index contributed by atoms with van der Waals surface area (Å²) in [6.45, 7) is 0.550. The Kier molecular flexibility index (Phi) is 5.05. The van der Waals surface area contributed by atoms with Gasteiger partial charge in [0.05, 0.1) is 22.9 Å². The highest BCUT2D eigenvalue weighted by Crippen LogP contribution is 2.43. The fraction of sp³-hybridized carbons (Fsp3) is 0.478. The molecule has 2 aromatic rings. The predicted molar refractivity (Wildman–Crippen MR) is 120 cm³/mol. The number of carbonyl (C=O) groups excluding carboxylic acids is 2. The zero-order chi connectivity index (χ0) is 23.4. The molecule has 2 amide bonds. The fourth-order valence-electron chi connectivity index (χ4n) is 5.02. The van der Waals surface area contributed by atoms with E-state index in [-0.39, 0.29) is 11.7 Å². The van der Waals surface area contributed by atoms with Gasteiger partial charge in [-0.1, -0.05) is 18.9 Å². The lowest BCUT2D eigenvalue weighted by Crippen LogP contribution is -2.49. The lowest BCUT2D eigenvalue weighted by molar-refractivity contribution is -0.113. The van der Waals surface area contributed by atoms with Gasteiger partial charge in [-0.25, -0.2) is 13.1 Å². The Bertz CT molecular complexity index is 1320. The van der Waals surface area contributed by atoms with E-state index in [1.54, 1.807) is 10.7 Å². The SMILES string of the molecule is CS(=O)(=O)CC(=O)Nc1c2c(nn1CCC1CC1)C[C@]1(CCc3cc(C#N)ccc31)NC2=O. The Morgan fingerprint density at radius 2 is 2.18 bits per heavy atom. The number of amides is 2. The molecule has 0 radical (unpaired) electrons. The number of nitrogens with zero attached hydrogens (tertiary/aromatic N) is 3. The van der Waals surface area contributed by atoms with Gasteiger partial charge in [0.1, 0.15) is 17.1 Å². The maximum atomic E-state index is 13.3. The molecule has 2 N–H and O–H groups in total. The highest BCUT2D eigenvalue weighted by molar-refractivity contribution is 7.91. The molecule has 2 aliphatic carbocycles. The number of carbonyl (C=O) groups is 2. The number of fused-ring (bicyclic) bond motifs is 3. The first kappa shape index (κ1) is 21.6. The lowest BCUT2D eigenvalue weighted by Gasteiger charge is -2.35. The van der Waals surface area contributed by atoms with Crippen LogP contribution in [0.2, 0.25) is 0 Å². The van der Waals surface area contributed by atoms with Gasteiger partial charge in [-0.3, -0.25) is 9.59 Å². The van der Waals surface area contributed by atoms with Crippen molar-refractivity contribution in [3.63, 3.8) is 0 Å². The highest BCUT2D eigenvalue weighted by Gasteiger charge is 2.46. The molecule has 9 nitrogen and oxygen atoms in total. The van der Waals surface area contributed by atoms with E-state index in [1.165, 1.54) is 12.8 Å². The van der Waals surface area contributed by atoms with Crippen molar-refractivity contribution in [2.45, 2.75) is 50.6 Å². The van der Waals surface area contributed by atoms with Gasteiger partial charge >= 0.3 is 0 Å². The second kappa shape index (κ2) is 7.70. The summed E-state index contributed by atoms with van der Waals surface area (Å²) in [5.74, 6) is -0.779.